The minimum absolute atomic E-state index is 0.249. The Hall–Kier alpha value is -3.26. The summed E-state index contributed by atoms with van der Waals surface area (Å²) < 4.78 is 52.9. The van der Waals surface area contributed by atoms with Crippen LogP contribution in [0.25, 0.3) is 0 Å². The van der Waals surface area contributed by atoms with Gasteiger partial charge in [-0.3, -0.25) is 14.9 Å². The number of nitrogens with one attached hydrogen (secondary N) is 2. The number of thioether (sulfide) groups is 1. The van der Waals surface area contributed by atoms with Gasteiger partial charge in [0.2, 0.25) is 11.0 Å². The number of amides is 1. The Kier molecular flexibility index (Phi) is 7.25. The molecule has 0 spiro atoms. The Morgan fingerprint density at radius 2 is 1.88 bits per heavy atom. The number of anilines is 2. The van der Waals surface area contributed by atoms with Crippen LogP contribution in [0, 0.1) is 15.9 Å². The van der Waals surface area contributed by atoms with Crippen LogP contribution >= 0.6 is 23.1 Å². The zero-order chi connectivity index (χ0) is 23.3. The molecule has 0 aliphatic carbocycles. The molecule has 0 saturated heterocycles. The quantitative estimate of drug-likeness (QED) is 0.200. The van der Waals surface area contributed by atoms with Crippen molar-refractivity contribution in [1.29, 1.82) is 0 Å². The van der Waals surface area contributed by atoms with Gasteiger partial charge in [-0.2, -0.15) is 13.2 Å². The lowest BCUT2D eigenvalue weighted by atomic mass is 10.1. The highest BCUT2D eigenvalue weighted by Crippen LogP contribution is 2.37. The van der Waals surface area contributed by atoms with Gasteiger partial charge in [0.1, 0.15) is 5.82 Å². The largest absolute Gasteiger partial charge is 0.418 e. The van der Waals surface area contributed by atoms with Crippen molar-refractivity contribution in [2.75, 3.05) is 16.4 Å². The van der Waals surface area contributed by atoms with Gasteiger partial charge < -0.3 is 10.6 Å². The molecule has 0 fully saturated rings. The van der Waals surface area contributed by atoms with Crippen LogP contribution in [0.4, 0.5) is 34.1 Å². The molecule has 1 heterocycles. The van der Waals surface area contributed by atoms with Crippen molar-refractivity contribution in [1.82, 2.24) is 10.2 Å². The number of non-ortho nitro benzene ring substituents is 1. The Morgan fingerprint density at radius 3 is 2.53 bits per heavy atom. The van der Waals surface area contributed by atoms with Crippen LogP contribution < -0.4 is 10.6 Å². The predicted octanol–water partition coefficient (Wildman–Crippen LogP) is 4.95. The highest BCUT2D eigenvalue weighted by Gasteiger charge is 2.35. The van der Waals surface area contributed by atoms with E-state index < -0.39 is 33.9 Å². The normalized spacial score (nSPS) is 11.2. The third-order valence-corrected chi connectivity index (χ3v) is 5.90. The van der Waals surface area contributed by atoms with Gasteiger partial charge in [-0.1, -0.05) is 35.2 Å². The van der Waals surface area contributed by atoms with Gasteiger partial charge in [-0.05, 0) is 23.8 Å². The van der Waals surface area contributed by atoms with Gasteiger partial charge in [-0.25, -0.2) is 4.39 Å². The molecule has 0 aliphatic heterocycles. The van der Waals surface area contributed by atoms with E-state index in [2.05, 4.69) is 20.8 Å². The molecule has 14 heteroatoms. The molecule has 0 radical (unpaired) electrons. The van der Waals surface area contributed by atoms with Crippen LogP contribution in [0.3, 0.4) is 0 Å². The first-order valence-corrected chi connectivity index (χ1v) is 10.5. The van der Waals surface area contributed by atoms with E-state index in [1.54, 1.807) is 12.1 Å². The van der Waals surface area contributed by atoms with Gasteiger partial charge in [0, 0.05) is 18.7 Å². The molecule has 2 aromatic carbocycles. The summed E-state index contributed by atoms with van der Waals surface area (Å²) in [4.78, 5) is 21.9. The molecule has 0 saturated carbocycles. The summed E-state index contributed by atoms with van der Waals surface area (Å²) in [5, 5.41) is 24.1. The topological polar surface area (TPSA) is 110 Å². The number of hydrogen-bond acceptors (Lipinski definition) is 8. The number of nitro benzene ring substituents is 1. The molecule has 8 nitrogen and oxygen atoms in total. The SMILES string of the molecule is O=C(CSc1nnc(NCc2ccc(F)cc2)s1)Nc1ccc([N+](=O)[O-])cc1C(F)(F)F. The van der Waals surface area contributed by atoms with Crippen molar-refractivity contribution in [3.8, 4) is 0 Å². The molecule has 3 aromatic rings. The van der Waals surface area contributed by atoms with Gasteiger partial charge in [0.05, 0.1) is 21.9 Å². The fourth-order valence-corrected chi connectivity index (χ4v) is 3.97. The summed E-state index contributed by atoms with van der Waals surface area (Å²) in [6.07, 6.45) is -4.88. The van der Waals surface area contributed by atoms with E-state index in [0.29, 0.717) is 22.1 Å². The number of rotatable bonds is 8. The number of alkyl halides is 3. The van der Waals surface area contributed by atoms with Crippen molar-refractivity contribution in [2.45, 2.75) is 17.1 Å². The van der Waals surface area contributed by atoms with E-state index in [0.717, 1.165) is 40.8 Å². The van der Waals surface area contributed by atoms with E-state index in [9.17, 15) is 32.5 Å². The minimum Gasteiger partial charge on any atom is -0.356 e. The molecule has 1 aromatic heterocycles. The molecule has 0 bridgehead atoms. The predicted molar refractivity (Wildman–Crippen MR) is 111 cm³/mol. The highest BCUT2D eigenvalue weighted by molar-refractivity contribution is 8.01. The molecule has 168 valence electrons. The lowest BCUT2D eigenvalue weighted by Crippen LogP contribution is -2.18. The molecule has 32 heavy (non-hydrogen) atoms. The molecule has 3 rings (SSSR count). The highest BCUT2D eigenvalue weighted by atomic mass is 32.2. The van der Waals surface area contributed by atoms with Crippen molar-refractivity contribution in [3.63, 3.8) is 0 Å². The molecule has 0 unspecified atom stereocenters. The number of carbonyl (C=O) groups excluding carboxylic acids is 1. The van der Waals surface area contributed by atoms with Gasteiger partial charge in [-0.15, -0.1) is 10.2 Å². The minimum atomic E-state index is -4.88. The van der Waals surface area contributed by atoms with Crippen LogP contribution in [0.2, 0.25) is 0 Å². The summed E-state index contributed by atoms with van der Waals surface area (Å²) in [5.41, 5.74) is -1.81. The Bertz CT molecular complexity index is 1120. The second-order valence-corrected chi connectivity index (χ2v) is 8.37. The van der Waals surface area contributed by atoms with Crippen LogP contribution in [-0.2, 0) is 17.5 Å². The number of hydrogen-bond donors (Lipinski definition) is 2. The van der Waals surface area contributed by atoms with Crippen molar-refractivity contribution in [2.24, 2.45) is 0 Å². The summed E-state index contributed by atoms with van der Waals surface area (Å²) in [6.45, 7) is 0.375. The lowest BCUT2D eigenvalue weighted by molar-refractivity contribution is -0.385. The van der Waals surface area contributed by atoms with Gasteiger partial charge in [0.25, 0.3) is 5.69 Å². The second kappa shape index (κ2) is 9.91. The number of nitro groups is 1. The van der Waals surface area contributed by atoms with Crippen molar-refractivity contribution in [3.05, 3.63) is 69.5 Å². The smallest absolute Gasteiger partial charge is 0.356 e. The van der Waals surface area contributed by atoms with Crippen molar-refractivity contribution < 1.29 is 27.3 Å². The van der Waals surface area contributed by atoms with Crippen LogP contribution in [0.5, 0.6) is 0 Å². The lowest BCUT2D eigenvalue weighted by Gasteiger charge is -2.13. The first-order valence-electron chi connectivity index (χ1n) is 8.72. The molecular formula is C18H13F4N5O3S2. The van der Waals surface area contributed by atoms with Gasteiger partial charge >= 0.3 is 6.18 Å². The number of halogens is 4. The first-order chi connectivity index (χ1) is 15.1. The zero-order valence-electron chi connectivity index (χ0n) is 15.9. The second-order valence-electron chi connectivity index (χ2n) is 6.17. The first kappa shape index (κ1) is 23.4. The van der Waals surface area contributed by atoms with Crippen LogP contribution in [0.15, 0.2) is 46.8 Å². The summed E-state index contributed by atoms with van der Waals surface area (Å²) >= 11 is 2.10. The molecule has 0 atom stereocenters. The third kappa shape index (κ3) is 6.37. The van der Waals surface area contributed by atoms with Gasteiger partial charge in [0.15, 0.2) is 4.34 Å². The molecular weight excluding hydrogens is 474 g/mol. The van der Waals surface area contributed by atoms with Crippen LogP contribution in [-0.4, -0.2) is 26.8 Å². The third-order valence-electron chi connectivity index (χ3n) is 3.88. The number of carbonyl (C=O) groups is 1. The number of benzene rings is 2. The average Bonchev–Trinajstić information content (AvgIpc) is 3.19. The number of aromatic nitrogens is 2. The Labute approximate surface area is 186 Å². The summed E-state index contributed by atoms with van der Waals surface area (Å²) in [6, 6.07) is 7.95. The fraction of sp³-hybridized carbons (Fsp3) is 0.167. The molecule has 2 N–H and O–H groups in total. The summed E-state index contributed by atoms with van der Waals surface area (Å²) in [7, 11) is 0. The molecule has 1 amide bonds. The van der Waals surface area contributed by atoms with E-state index in [4.69, 9.17) is 0 Å². The van der Waals surface area contributed by atoms with E-state index >= 15 is 0 Å². The standard InChI is InChI=1S/C18H13F4N5O3S2/c19-11-3-1-10(2-4-11)8-23-16-25-26-17(32-16)31-9-15(28)24-14-6-5-12(27(29)30)7-13(14)18(20,21)22/h1-7H,8-9H2,(H,23,25)(H,24,28). The zero-order valence-corrected chi connectivity index (χ0v) is 17.5. The van der Waals surface area contributed by atoms with Crippen LogP contribution in [0.1, 0.15) is 11.1 Å². The summed E-state index contributed by atoms with van der Waals surface area (Å²) in [5.74, 6) is -1.34. The Balaban J connectivity index is 1.56. The maximum Gasteiger partial charge on any atom is 0.418 e. The number of nitrogens with zero attached hydrogens (tertiary/aromatic N) is 3. The monoisotopic (exact) mass is 487 g/mol. The van der Waals surface area contributed by atoms with E-state index in [1.165, 1.54) is 12.1 Å². The molecule has 0 aliphatic rings. The van der Waals surface area contributed by atoms with E-state index in [-0.39, 0.29) is 11.6 Å². The Morgan fingerprint density at radius 1 is 1.16 bits per heavy atom. The maximum absolute atomic E-state index is 13.2. The van der Waals surface area contributed by atoms with E-state index in [1.807, 2.05) is 0 Å². The fourth-order valence-electron chi connectivity index (χ4n) is 2.42. The van der Waals surface area contributed by atoms with Crippen molar-refractivity contribution >= 4 is 45.5 Å². The average molecular weight is 487 g/mol. The maximum atomic E-state index is 13.2.